The van der Waals surface area contributed by atoms with E-state index < -0.39 is 23.6 Å². The zero-order chi connectivity index (χ0) is 21.4. The smallest absolute Gasteiger partial charge is 0.256 e. The van der Waals surface area contributed by atoms with Gasteiger partial charge in [-0.1, -0.05) is 6.07 Å². The maximum absolute atomic E-state index is 13.9. The van der Waals surface area contributed by atoms with E-state index in [1.54, 1.807) is 19.1 Å². The largest absolute Gasteiger partial charge is 0.473 e. The molecule has 2 amide bonds. The monoisotopic (exact) mass is 414 g/mol. The summed E-state index contributed by atoms with van der Waals surface area (Å²) in [5.74, 6) is -1.80. The fraction of sp³-hybridized carbons (Fsp3) is 0.286. The Balaban J connectivity index is 1.66. The molecule has 0 bridgehead atoms. The van der Waals surface area contributed by atoms with Crippen LogP contribution in [0.4, 0.5) is 8.78 Å². The molecule has 0 saturated carbocycles. The molecule has 1 saturated heterocycles. The summed E-state index contributed by atoms with van der Waals surface area (Å²) in [5.41, 5.74) is 1.83. The van der Waals surface area contributed by atoms with Crippen molar-refractivity contribution in [2.24, 2.45) is 0 Å². The molecule has 3 heterocycles. The van der Waals surface area contributed by atoms with E-state index in [-0.39, 0.29) is 24.0 Å². The van der Waals surface area contributed by atoms with Crippen LogP contribution in [0.5, 0.6) is 5.88 Å². The third-order valence-corrected chi connectivity index (χ3v) is 5.03. The molecule has 30 heavy (non-hydrogen) atoms. The standard InChI is InChI=1S/C21H20F2N4O3/c1-11-8-17-19(21(29)25-16-6-7-24-20(16)28)12(2)26-27(17)18(9-11)30-10-13-14(22)4-3-5-15(13)23/h3-5,8-9,16H,6-7,10H2,1-2H3,(H,24,28)(H,25,29)/t16-/m1/s1. The molecule has 9 heteroatoms. The van der Waals surface area contributed by atoms with E-state index in [2.05, 4.69) is 15.7 Å². The molecule has 156 valence electrons. The van der Waals surface area contributed by atoms with E-state index in [1.807, 2.05) is 6.92 Å². The van der Waals surface area contributed by atoms with E-state index in [0.717, 1.165) is 17.7 Å². The number of hydrogen-bond donors (Lipinski definition) is 2. The Kier molecular flexibility index (Phi) is 5.11. The number of carbonyl (C=O) groups is 2. The van der Waals surface area contributed by atoms with Gasteiger partial charge in [0, 0.05) is 12.6 Å². The van der Waals surface area contributed by atoms with Crippen LogP contribution in [-0.4, -0.2) is 34.0 Å². The van der Waals surface area contributed by atoms with Crippen LogP contribution >= 0.6 is 0 Å². The van der Waals surface area contributed by atoms with Gasteiger partial charge < -0.3 is 15.4 Å². The summed E-state index contributed by atoms with van der Waals surface area (Å²) < 4.78 is 34.9. The average Bonchev–Trinajstić information content (AvgIpc) is 3.23. The summed E-state index contributed by atoms with van der Waals surface area (Å²) >= 11 is 0. The maximum atomic E-state index is 13.9. The minimum absolute atomic E-state index is 0.193. The lowest BCUT2D eigenvalue weighted by Gasteiger charge is -2.12. The van der Waals surface area contributed by atoms with E-state index in [9.17, 15) is 18.4 Å². The number of nitrogens with one attached hydrogen (secondary N) is 2. The molecule has 1 aliphatic rings. The number of rotatable bonds is 5. The van der Waals surface area contributed by atoms with Crippen molar-refractivity contribution in [2.75, 3.05) is 6.54 Å². The van der Waals surface area contributed by atoms with Gasteiger partial charge in [0.05, 0.1) is 22.3 Å². The first-order valence-electron chi connectivity index (χ1n) is 9.49. The molecule has 4 rings (SSSR count). The highest BCUT2D eigenvalue weighted by molar-refractivity contribution is 6.04. The molecule has 1 aromatic carbocycles. The Morgan fingerprint density at radius 3 is 2.70 bits per heavy atom. The predicted octanol–water partition coefficient (Wildman–Crippen LogP) is 2.43. The number of halogens is 2. The van der Waals surface area contributed by atoms with Crippen molar-refractivity contribution in [3.8, 4) is 5.88 Å². The molecule has 0 unspecified atom stereocenters. The van der Waals surface area contributed by atoms with Crippen LogP contribution in [0.2, 0.25) is 0 Å². The SMILES string of the molecule is Cc1cc(OCc2c(F)cccc2F)n2nc(C)c(C(=O)N[C@@H]3CCNC3=O)c2c1. The Labute approximate surface area is 171 Å². The van der Waals surface area contributed by atoms with Gasteiger partial charge in [0.1, 0.15) is 24.3 Å². The molecule has 1 fully saturated rings. The number of carbonyl (C=O) groups excluding carboxylic acids is 2. The Morgan fingerprint density at radius 1 is 1.30 bits per heavy atom. The van der Waals surface area contributed by atoms with Gasteiger partial charge in [-0.25, -0.2) is 8.78 Å². The number of benzene rings is 1. The number of nitrogens with zero attached hydrogens (tertiary/aromatic N) is 2. The van der Waals surface area contributed by atoms with Gasteiger partial charge in [-0.05, 0) is 44.0 Å². The number of ether oxygens (including phenoxy) is 1. The van der Waals surface area contributed by atoms with Crippen molar-refractivity contribution >= 4 is 17.3 Å². The number of hydrogen-bond acceptors (Lipinski definition) is 4. The second-order valence-corrected chi connectivity index (χ2v) is 7.22. The summed E-state index contributed by atoms with van der Waals surface area (Å²) in [6.45, 7) is 3.66. The third-order valence-electron chi connectivity index (χ3n) is 5.03. The minimum Gasteiger partial charge on any atom is -0.473 e. The highest BCUT2D eigenvalue weighted by Crippen LogP contribution is 2.25. The molecule has 0 spiro atoms. The maximum Gasteiger partial charge on any atom is 0.256 e. The first kappa shape index (κ1) is 19.8. The molecule has 0 radical (unpaired) electrons. The average molecular weight is 414 g/mol. The second kappa shape index (κ2) is 7.74. The number of aryl methyl sites for hydroxylation is 2. The zero-order valence-electron chi connectivity index (χ0n) is 16.5. The lowest BCUT2D eigenvalue weighted by molar-refractivity contribution is -0.120. The van der Waals surface area contributed by atoms with Crippen LogP contribution in [0, 0.1) is 25.5 Å². The van der Waals surface area contributed by atoms with Gasteiger partial charge >= 0.3 is 0 Å². The van der Waals surface area contributed by atoms with Crippen LogP contribution in [0.3, 0.4) is 0 Å². The Morgan fingerprint density at radius 2 is 2.03 bits per heavy atom. The Hall–Kier alpha value is -3.49. The van der Waals surface area contributed by atoms with Gasteiger partial charge in [0.15, 0.2) is 0 Å². The first-order chi connectivity index (χ1) is 14.3. The zero-order valence-corrected chi connectivity index (χ0v) is 16.5. The highest BCUT2D eigenvalue weighted by Gasteiger charge is 2.28. The molecular formula is C21H20F2N4O3. The summed E-state index contributed by atoms with van der Waals surface area (Å²) in [6, 6.07) is 6.45. The Bertz CT molecular complexity index is 1140. The molecule has 0 aliphatic carbocycles. The summed E-state index contributed by atoms with van der Waals surface area (Å²) in [6.07, 6.45) is 0.518. The fourth-order valence-electron chi connectivity index (χ4n) is 3.52. The van der Waals surface area contributed by atoms with Crippen molar-refractivity contribution < 1.29 is 23.1 Å². The summed E-state index contributed by atoms with van der Waals surface area (Å²) in [4.78, 5) is 24.6. The molecular weight excluding hydrogens is 394 g/mol. The quantitative estimate of drug-likeness (QED) is 0.672. The van der Waals surface area contributed by atoms with Gasteiger partial charge in [-0.3, -0.25) is 9.59 Å². The summed E-state index contributed by atoms with van der Waals surface area (Å²) in [7, 11) is 0. The van der Waals surface area contributed by atoms with E-state index in [1.165, 1.54) is 10.6 Å². The first-order valence-corrected chi connectivity index (χ1v) is 9.49. The lowest BCUT2D eigenvalue weighted by atomic mass is 10.1. The fourth-order valence-corrected chi connectivity index (χ4v) is 3.52. The van der Waals surface area contributed by atoms with Gasteiger partial charge in [-0.15, -0.1) is 0 Å². The van der Waals surface area contributed by atoms with Crippen molar-refractivity contribution in [3.63, 3.8) is 0 Å². The van der Waals surface area contributed by atoms with Crippen molar-refractivity contribution in [1.82, 2.24) is 20.2 Å². The predicted molar refractivity (Wildman–Crippen MR) is 104 cm³/mol. The van der Waals surface area contributed by atoms with E-state index in [0.29, 0.717) is 29.7 Å². The number of aromatic nitrogens is 2. The number of pyridine rings is 1. The molecule has 2 N–H and O–H groups in total. The molecule has 3 aromatic rings. The van der Waals surface area contributed by atoms with Crippen molar-refractivity contribution in [3.05, 3.63) is 64.4 Å². The van der Waals surface area contributed by atoms with Gasteiger partial charge in [-0.2, -0.15) is 9.61 Å². The lowest BCUT2D eigenvalue weighted by Crippen LogP contribution is -2.40. The number of fused-ring (bicyclic) bond motifs is 1. The number of amides is 2. The van der Waals surface area contributed by atoms with E-state index >= 15 is 0 Å². The van der Waals surface area contributed by atoms with Crippen LogP contribution in [0.1, 0.15) is 33.6 Å². The van der Waals surface area contributed by atoms with Crippen molar-refractivity contribution in [1.29, 1.82) is 0 Å². The van der Waals surface area contributed by atoms with Crippen molar-refractivity contribution in [2.45, 2.75) is 32.9 Å². The van der Waals surface area contributed by atoms with Gasteiger partial charge in [0.2, 0.25) is 11.8 Å². The van der Waals surface area contributed by atoms with Crippen LogP contribution in [-0.2, 0) is 11.4 Å². The molecule has 7 nitrogen and oxygen atoms in total. The molecule has 1 aliphatic heterocycles. The van der Waals surface area contributed by atoms with Crippen LogP contribution in [0.25, 0.3) is 5.52 Å². The molecule has 2 aromatic heterocycles. The van der Waals surface area contributed by atoms with Gasteiger partial charge in [0.25, 0.3) is 5.91 Å². The minimum atomic E-state index is -0.703. The van der Waals surface area contributed by atoms with E-state index in [4.69, 9.17) is 4.74 Å². The van der Waals surface area contributed by atoms with Crippen LogP contribution < -0.4 is 15.4 Å². The highest BCUT2D eigenvalue weighted by atomic mass is 19.1. The topological polar surface area (TPSA) is 84.7 Å². The third kappa shape index (κ3) is 3.58. The summed E-state index contributed by atoms with van der Waals surface area (Å²) in [5, 5.41) is 9.78. The normalized spacial score (nSPS) is 16.0. The van der Waals surface area contributed by atoms with Crippen LogP contribution in [0.15, 0.2) is 30.3 Å². The second-order valence-electron chi connectivity index (χ2n) is 7.22. The molecule has 1 atom stereocenters.